The largest absolute Gasteiger partial charge is 0.389 e. The molecule has 0 aliphatic rings. The van der Waals surface area contributed by atoms with E-state index in [1.807, 2.05) is 0 Å². The Bertz CT molecular complexity index is 426. The number of hydrogen-bond donors (Lipinski definition) is 1. The zero-order chi connectivity index (χ0) is 13.7. The molecule has 1 unspecified atom stereocenters. The van der Waals surface area contributed by atoms with Crippen molar-refractivity contribution in [2.45, 2.75) is 6.10 Å². The van der Waals surface area contributed by atoms with Gasteiger partial charge in [-0.1, -0.05) is 29.3 Å². The average Bonchev–Trinajstić information content (AvgIpc) is 2.32. The highest BCUT2D eigenvalue weighted by Crippen LogP contribution is 2.26. The van der Waals surface area contributed by atoms with Crippen LogP contribution in [0.2, 0.25) is 10.0 Å². The molecule has 0 aliphatic carbocycles. The van der Waals surface area contributed by atoms with Gasteiger partial charge in [0.05, 0.1) is 28.3 Å². The summed E-state index contributed by atoms with van der Waals surface area (Å²) in [5.74, 6) is -0.294. The highest BCUT2D eigenvalue weighted by Gasteiger charge is 2.18. The number of ether oxygens (including phenoxy) is 1. The molecule has 1 atom stereocenters. The van der Waals surface area contributed by atoms with Crippen molar-refractivity contribution < 1.29 is 14.6 Å². The number of aliphatic hydroxyl groups excluding tert-OH is 1. The number of amides is 1. The molecule has 0 heterocycles. The zero-order valence-corrected chi connectivity index (χ0v) is 11.7. The smallest absolute Gasteiger partial charge is 0.255 e. The number of benzene rings is 1. The van der Waals surface area contributed by atoms with E-state index in [9.17, 15) is 9.90 Å². The standard InChI is InChI=1S/C12H15Cl2NO3/c1-15(6-8(16)7-18-2)12(17)9-4-3-5-10(13)11(9)14/h3-5,8,16H,6-7H2,1-2H3. The van der Waals surface area contributed by atoms with Crippen LogP contribution in [-0.4, -0.2) is 49.3 Å². The van der Waals surface area contributed by atoms with Crippen LogP contribution in [-0.2, 0) is 4.74 Å². The number of rotatable bonds is 5. The quantitative estimate of drug-likeness (QED) is 0.904. The maximum absolute atomic E-state index is 12.1. The molecule has 18 heavy (non-hydrogen) atoms. The van der Waals surface area contributed by atoms with Crippen LogP contribution in [0.4, 0.5) is 0 Å². The van der Waals surface area contributed by atoms with Crippen LogP contribution in [0.1, 0.15) is 10.4 Å². The van der Waals surface area contributed by atoms with Crippen molar-refractivity contribution >= 4 is 29.1 Å². The monoisotopic (exact) mass is 291 g/mol. The fourth-order valence-electron chi connectivity index (χ4n) is 1.52. The lowest BCUT2D eigenvalue weighted by Crippen LogP contribution is -2.36. The minimum atomic E-state index is -0.734. The van der Waals surface area contributed by atoms with Gasteiger partial charge in [-0.2, -0.15) is 0 Å². The summed E-state index contributed by atoms with van der Waals surface area (Å²) >= 11 is 11.8. The van der Waals surface area contributed by atoms with Gasteiger partial charge in [-0.15, -0.1) is 0 Å². The normalized spacial score (nSPS) is 12.3. The second-order valence-electron chi connectivity index (χ2n) is 3.90. The van der Waals surface area contributed by atoms with Gasteiger partial charge in [-0.25, -0.2) is 0 Å². The van der Waals surface area contributed by atoms with E-state index in [2.05, 4.69) is 0 Å². The summed E-state index contributed by atoms with van der Waals surface area (Å²) in [7, 11) is 3.07. The summed E-state index contributed by atoms with van der Waals surface area (Å²) in [6, 6.07) is 4.86. The maximum Gasteiger partial charge on any atom is 0.255 e. The molecule has 1 aromatic rings. The Kier molecular flexibility index (Phi) is 5.88. The highest BCUT2D eigenvalue weighted by molar-refractivity contribution is 6.43. The van der Waals surface area contributed by atoms with Gasteiger partial charge in [-0.05, 0) is 12.1 Å². The van der Waals surface area contributed by atoms with Crippen molar-refractivity contribution in [3.63, 3.8) is 0 Å². The molecule has 0 radical (unpaired) electrons. The van der Waals surface area contributed by atoms with Crippen molar-refractivity contribution in [2.75, 3.05) is 27.3 Å². The van der Waals surface area contributed by atoms with E-state index in [0.29, 0.717) is 10.6 Å². The molecule has 0 fully saturated rings. The first kappa shape index (κ1) is 15.2. The van der Waals surface area contributed by atoms with Crippen molar-refractivity contribution in [3.8, 4) is 0 Å². The Morgan fingerprint density at radius 1 is 1.50 bits per heavy atom. The van der Waals surface area contributed by atoms with Crippen LogP contribution >= 0.6 is 23.2 Å². The van der Waals surface area contributed by atoms with Gasteiger partial charge in [0.25, 0.3) is 5.91 Å². The molecule has 0 saturated heterocycles. The number of nitrogens with zero attached hydrogens (tertiary/aromatic N) is 1. The first-order valence-corrected chi connectivity index (χ1v) is 6.09. The predicted molar refractivity (Wildman–Crippen MR) is 71.3 cm³/mol. The van der Waals surface area contributed by atoms with Crippen molar-refractivity contribution in [1.82, 2.24) is 4.90 Å². The molecule has 0 aromatic heterocycles. The van der Waals surface area contributed by atoms with E-state index in [1.165, 1.54) is 12.0 Å². The van der Waals surface area contributed by atoms with Gasteiger partial charge < -0.3 is 14.7 Å². The Morgan fingerprint density at radius 2 is 2.17 bits per heavy atom. The number of aliphatic hydroxyl groups is 1. The summed E-state index contributed by atoms with van der Waals surface area (Å²) in [5.41, 5.74) is 0.316. The molecular formula is C12H15Cl2NO3. The fourth-order valence-corrected chi connectivity index (χ4v) is 1.90. The molecule has 1 rings (SSSR count). The molecule has 6 heteroatoms. The number of carbonyl (C=O) groups is 1. The number of halogens is 2. The lowest BCUT2D eigenvalue weighted by Gasteiger charge is -2.21. The third-order valence-corrected chi connectivity index (χ3v) is 3.19. The lowest BCUT2D eigenvalue weighted by molar-refractivity contribution is 0.0380. The van der Waals surface area contributed by atoms with Crippen molar-refractivity contribution in [1.29, 1.82) is 0 Å². The highest BCUT2D eigenvalue weighted by atomic mass is 35.5. The van der Waals surface area contributed by atoms with E-state index in [-0.39, 0.29) is 24.1 Å². The molecule has 0 saturated carbocycles. The first-order chi connectivity index (χ1) is 8.47. The van der Waals surface area contributed by atoms with Crippen LogP contribution in [0.25, 0.3) is 0 Å². The van der Waals surface area contributed by atoms with E-state index in [0.717, 1.165) is 0 Å². The minimum absolute atomic E-state index is 0.162. The maximum atomic E-state index is 12.1. The van der Waals surface area contributed by atoms with Crippen LogP contribution in [0.5, 0.6) is 0 Å². The third-order valence-electron chi connectivity index (χ3n) is 2.37. The van der Waals surface area contributed by atoms with Gasteiger partial charge in [0, 0.05) is 20.7 Å². The van der Waals surface area contributed by atoms with Gasteiger partial charge in [0.15, 0.2) is 0 Å². The Labute approximate surface area is 116 Å². The summed E-state index contributed by atoms with van der Waals surface area (Å²) in [4.78, 5) is 13.5. The molecule has 1 aromatic carbocycles. The minimum Gasteiger partial charge on any atom is -0.389 e. The molecule has 0 bridgehead atoms. The van der Waals surface area contributed by atoms with Gasteiger partial charge in [-0.3, -0.25) is 4.79 Å². The van der Waals surface area contributed by atoms with Gasteiger partial charge >= 0.3 is 0 Å². The Balaban J connectivity index is 2.77. The van der Waals surface area contributed by atoms with Gasteiger partial charge in [0.1, 0.15) is 0 Å². The predicted octanol–water partition coefficient (Wildman–Crippen LogP) is 2.07. The van der Waals surface area contributed by atoms with Gasteiger partial charge in [0.2, 0.25) is 0 Å². The molecule has 0 aliphatic heterocycles. The van der Waals surface area contributed by atoms with E-state index >= 15 is 0 Å². The second kappa shape index (κ2) is 6.95. The Hall–Kier alpha value is -0.810. The summed E-state index contributed by atoms with van der Waals surface area (Å²) < 4.78 is 4.80. The van der Waals surface area contributed by atoms with Crippen molar-refractivity contribution in [2.24, 2.45) is 0 Å². The van der Waals surface area contributed by atoms with Crippen molar-refractivity contribution in [3.05, 3.63) is 33.8 Å². The average molecular weight is 292 g/mol. The van der Waals surface area contributed by atoms with Crippen LogP contribution in [0.3, 0.4) is 0 Å². The summed E-state index contributed by atoms with van der Waals surface area (Å²) in [6.45, 7) is 0.330. The molecule has 0 spiro atoms. The van der Waals surface area contributed by atoms with Crippen LogP contribution in [0, 0.1) is 0 Å². The second-order valence-corrected chi connectivity index (χ2v) is 4.68. The number of carbonyl (C=O) groups excluding carboxylic acids is 1. The summed E-state index contributed by atoms with van der Waals surface area (Å²) in [6.07, 6.45) is -0.734. The number of likely N-dealkylation sites (N-methyl/N-ethyl adjacent to an activating group) is 1. The van der Waals surface area contributed by atoms with Crippen LogP contribution in [0.15, 0.2) is 18.2 Å². The topological polar surface area (TPSA) is 49.8 Å². The molecule has 100 valence electrons. The van der Waals surface area contributed by atoms with E-state index in [4.69, 9.17) is 27.9 Å². The SMILES string of the molecule is COCC(O)CN(C)C(=O)c1cccc(Cl)c1Cl. The molecular weight excluding hydrogens is 277 g/mol. The Morgan fingerprint density at radius 3 is 2.78 bits per heavy atom. The first-order valence-electron chi connectivity index (χ1n) is 5.33. The molecule has 4 nitrogen and oxygen atoms in total. The van der Waals surface area contributed by atoms with E-state index < -0.39 is 6.10 Å². The van der Waals surface area contributed by atoms with Crippen LogP contribution < -0.4 is 0 Å². The molecule has 1 amide bonds. The summed E-state index contributed by atoms with van der Waals surface area (Å²) in [5, 5.41) is 10.1. The number of methoxy groups -OCH3 is 1. The fraction of sp³-hybridized carbons (Fsp3) is 0.417. The third kappa shape index (κ3) is 3.85. The molecule has 1 N–H and O–H groups in total. The zero-order valence-electron chi connectivity index (χ0n) is 10.2. The number of hydrogen-bond acceptors (Lipinski definition) is 3. The van der Waals surface area contributed by atoms with E-state index in [1.54, 1.807) is 25.2 Å². The lowest BCUT2D eigenvalue weighted by atomic mass is 10.2.